The van der Waals surface area contributed by atoms with E-state index in [1.165, 1.54) is 43.0 Å². The van der Waals surface area contributed by atoms with Gasteiger partial charge in [0.25, 0.3) is 0 Å². The van der Waals surface area contributed by atoms with Crippen LogP contribution in [-0.4, -0.2) is 188 Å². The Morgan fingerprint density at radius 2 is 1.10 bits per heavy atom. The standard InChI is InChI=1S/C39H65N13O13S4/c1-18(2)30(51-37(63)26(16-67)49-34(60)22(7-9-69-5)46-33(59)21(6-8-68-4)45-28(55)12-40)38(64)52-31(19(3)53)39(65)48-23(10-20-13-42-17-44-20)35(61)50-25(15-66)36(62)47-24(11-27(41)54)32(58)43-14-29(56)57/h13,17-19,21-26,30-31,53,66-67H,6-12,14-16,40H2,1-5H3,(H2,41,54)(H,42,44)(H,43,58)(H,45,55)(H,46,59)(H,47,62)(H,48,65)(H,49,60)(H,50,61)(H,51,63)(H,52,64)(H,56,57)/t19-,21+,22+,23+,24+,25+,26+,30+,31+/m1/s1. The number of carbonyl (C=O) groups excluding carboxylic acids is 10. The van der Waals surface area contributed by atoms with Gasteiger partial charge in [0.15, 0.2) is 0 Å². The minimum atomic E-state index is -1.76. The molecule has 0 bridgehead atoms. The molecule has 0 aliphatic carbocycles. The number of thiol groups is 2. The molecular formula is C39H65N13O13S4. The van der Waals surface area contributed by atoms with Crippen LogP contribution in [0, 0.1) is 5.92 Å². The van der Waals surface area contributed by atoms with Gasteiger partial charge in [-0.15, -0.1) is 0 Å². The van der Waals surface area contributed by atoms with Gasteiger partial charge in [-0.25, -0.2) is 4.98 Å². The molecule has 1 aromatic heterocycles. The number of hydrogen-bond acceptors (Lipinski definition) is 18. The molecule has 26 nitrogen and oxygen atoms in total. The molecule has 0 saturated heterocycles. The van der Waals surface area contributed by atoms with Gasteiger partial charge in [0, 0.05) is 29.8 Å². The topological polar surface area (TPSA) is 417 Å². The number of primary amides is 1. The summed E-state index contributed by atoms with van der Waals surface area (Å²) in [5, 5.41) is 41.4. The van der Waals surface area contributed by atoms with Crippen molar-refractivity contribution in [2.45, 2.75) is 101 Å². The fourth-order valence-corrected chi connectivity index (χ4v) is 7.42. The molecule has 16 N–H and O–H groups in total. The van der Waals surface area contributed by atoms with Crippen LogP contribution in [0.15, 0.2) is 12.5 Å². The quantitative estimate of drug-likeness (QED) is 0.0292. The summed E-state index contributed by atoms with van der Waals surface area (Å²) in [5.41, 5.74) is 10.9. The molecule has 1 rings (SSSR count). The molecule has 69 heavy (non-hydrogen) atoms. The Labute approximate surface area is 418 Å². The van der Waals surface area contributed by atoms with Crippen LogP contribution in [0.5, 0.6) is 0 Å². The summed E-state index contributed by atoms with van der Waals surface area (Å²) in [5.74, 6) is -10.8. The number of H-pyrrole nitrogens is 1. The van der Waals surface area contributed by atoms with E-state index in [0.29, 0.717) is 17.2 Å². The number of imidazole rings is 1. The first kappa shape index (κ1) is 61.7. The molecule has 0 spiro atoms. The van der Waals surface area contributed by atoms with Crippen molar-refractivity contribution in [2.24, 2.45) is 17.4 Å². The number of carbonyl (C=O) groups is 11. The third kappa shape index (κ3) is 22.8. The number of hydrogen-bond donors (Lipinski definition) is 16. The molecule has 10 amide bonds. The first-order chi connectivity index (χ1) is 32.5. The fourth-order valence-electron chi connectivity index (χ4n) is 5.96. The van der Waals surface area contributed by atoms with Crippen molar-refractivity contribution in [3.8, 4) is 0 Å². The zero-order valence-corrected chi connectivity index (χ0v) is 42.1. The van der Waals surface area contributed by atoms with E-state index >= 15 is 0 Å². The van der Waals surface area contributed by atoms with E-state index < -0.39 is 138 Å². The highest BCUT2D eigenvalue weighted by Gasteiger charge is 2.37. The van der Waals surface area contributed by atoms with Crippen molar-refractivity contribution >= 4 is 114 Å². The Balaban J connectivity index is 3.28. The van der Waals surface area contributed by atoms with E-state index in [2.05, 4.69) is 77.8 Å². The molecule has 0 saturated carbocycles. The number of rotatable bonds is 33. The average molecular weight is 1050 g/mol. The molecule has 0 aliphatic heterocycles. The zero-order chi connectivity index (χ0) is 52.4. The molecule has 30 heteroatoms. The normalized spacial score (nSPS) is 14.9. The number of thioether (sulfide) groups is 2. The van der Waals surface area contributed by atoms with Gasteiger partial charge in [0.1, 0.15) is 54.9 Å². The molecule has 0 aromatic carbocycles. The monoisotopic (exact) mass is 1050 g/mol. The van der Waals surface area contributed by atoms with Crippen LogP contribution in [-0.2, 0) is 59.2 Å². The largest absolute Gasteiger partial charge is 0.480 e. The number of nitrogens with two attached hydrogens (primary N) is 2. The summed E-state index contributed by atoms with van der Waals surface area (Å²) in [6.45, 7) is 3.11. The SMILES string of the molecule is CSCC[C@H](NC(=O)CN)C(=O)N[C@@H](CCSC)C(=O)N[C@@H](CS)C(=O)N[C@H](C(=O)N[C@H](C(=O)N[C@@H](Cc1cnc[nH]1)C(=O)N[C@@H](CS)C(=O)N[C@@H](CC(N)=O)C(=O)NCC(=O)O)[C@@H](C)O)C(C)C. The van der Waals surface area contributed by atoms with Crippen LogP contribution in [0.2, 0.25) is 0 Å². The average Bonchev–Trinajstić information content (AvgIpc) is 3.81. The first-order valence-corrected chi connectivity index (χ1v) is 25.3. The second kappa shape index (κ2) is 32.5. The number of aliphatic hydroxyl groups is 1. The smallest absolute Gasteiger partial charge is 0.322 e. The Morgan fingerprint density at radius 3 is 1.55 bits per heavy atom. The third-order valence-corrected chi connectivity index (χ3v) is 11.7. The number of carboxylic acids is 1. The van der Waals surface area contributed by atoms with Crippen molar-refractivity contribution in [3.05, 3.63) is 18.2 Å². The molecule has 1 aromatic rings. The van der Waals surface area contributed by atoms with Crippen molar-refractivity contribution in [1.82, 2.24) is 57.8 Å². The molecule has 388 valence electrons. The highest BCUT2D eigenvalue weighted by molar-refractivity contribution is 7.98. The van der Waals surface area contributed by atoms with Crippen molar-refractivity contribution in [2.75, 3.05) is 48.6 Å². The summed E-state index contributed by atoms with van der Waals surface area (Å²) in [7, 11) is 0. The summed E-state index contributed by atoms with van der Waals surface area (Å²) in [4.78, 5) is 149. The van der Waals surface area contributed by atoms with Crippen molar-refractivity contribution in [1.29, 1.82) is 0 Å². The van der Waals surface area contributed by atoms with Gasteiger partial charge in [-0.2, -0.15) is 48.8 Å². The number of carboxylic acid groups (broad SMARTS) is 1. The Morgan fingerprint density at radius 1 is 0.652 bits per heavy atom. The maximum Gasteiger partial charge on any atom is 0.322 e. The van der Waals surface area contributed by atoms with E-state index in [9.17, 15) is 57.8 Å². The van der Waals surface area contributed by atoms with E-state index in [-0.39, 0.29) is 37.3 Å². The lowest BCUT2D eigenvalue weighted by molar-refractivity contribution is -0.139. The second-order valence-electron chi connectivity index (χ2n) is 15.6. The Kier molecular flexibility index (Phi) is 29.1. The zero-order valence-electron chi connectivity index (χ0n) is 38.7. The minimum absolute atomic E-state index is 0.144. The van der Waals surface area contributed by atoms with Crippen LogP contribution < -0.4 is 59.3 Å². The third-order valence-electron chi connectivity index (χ3n) is 9.70. The van der Waals surface area contributed by atoms with Crippen LogP contribution >= 0.6 is 48.8 Å². The van der Waals surface area contributed by atoms with E-state index in [0.717, 1.165) is 0 Å². The highest BCUT2D eigenvalue weighted by atomic mass is 32.2. The minimum Gasteiger partial charge on any atom is -0.480 e. The van der Waals surface area contributed by atoms with Crippen molar-refractivity contribution < 1.29 is 63.0 Å². The lowest BCUT2D eigenvalue weighted by Gasteiger charge is -2.29. The van der Waals surface area contributed by atoms with E-state index in [4.69, 9.17) is 16.6 Å². The van der Waals surface area contributed by atoms with Crippen molar-refractivity contribution in [3.63, 3.8) is 0 Å². The number of aromatic amines is 1. The number of aliphatic carboxylic acids is 1. The van der Waals surface area contributed by atoms with Crippen LogP contribution in [0.4, 0.5) is 0 Å². The van der Waals surface area contributed by atoms with Gasteiger partial charge in [-0.1, -0.05) is 13.8 Å². The highest BCUT2D eigenvalue weighted by Crippen LogP contribution is 2.10. The predicted octanol–water partition coefficient (Wildman–Crippen LogP) is -5.73. The lowest BCUT2D eigenvalue weighted by Crippen LogP contribution is -2.63. The molecule has 9 atom stereocenters. The molecule has 0 radical (unpaired) electrons. The molecular weight excluding hydrogens is 987 g/mol. The maximum atomic E-state index is 13.8. The number of amides is 10. The lowest BCUT2D eigenvalue weighted by atomic mass is 10.0. The number of nitrogens with zero attached hydrogens (tertiary/aromatic N) is 1. The van der Waals surface area contributed by atoms with Crippen LogP contribution in [0.3, 0.4) is 0 Å². The van der Waals surface area contributed by atoms with Gasteiger partial charge in [-0.05, 0) is 49.7 Å². The number of aromatic nitrogens is 2. The summed E-state index contributed by atoms with van der Waals surface area (Å²) in [6.07, 6.45) is 3.99. The Bertz CT molecular complexity index is 1920. The summed E-state index contributed by atoms with van der Waals surface area (Å²) < 4.78 is 0. The number of aliphatic hydroxyl groups excluding tert-OH is 1. The van der Waals surface area contributed by atoms with Crippen LogP contribution in [0.25, 0.3) is 0 Å². The summed E-state index contributed by atoms with van der Waals surface area (Å²) in [6, 6.07) is -11.3. The van der Waals surface area contributed by atoms with Crippen LogP contribution in [0.1, 0.15) is 45.7 Å². The van der Waals surface area contributed by atoms with E-state index in [1.54, 1.807) is 20.1 Å². The molecule has 1 heterocycles. The Hall–Kier alpha value is -5.30. The molecule has 0 aliphatic rings. The number of nitrogens with one attached hydrogen (secondary N) is 10. The van der Waals surface area contributed by atoms with Gasteiger partial charge in [0.2, 0.25) is 59.1 Å². The molecule has 0 fully saturated rings. The van der Waals surface area contributed by atoms with Gasteiger partial charge in [0.05, 0.1) is 25.4 Å². The molecule has 0 unspecified atom stereocenters. The fraction of sp³-hybridized carbons (Fsp3) is 0.641. The van der Waals surface area contributed by atoms with Gasteiger partial charge >= 0.3 is 5.97 Å². The first-order valence-electron chi connectivity index (χ1n) is 21.3. The maximum absolute atomic E-state index is 13.8. The predicted molar refractivity (Wildman–Crippen MR) is 261 cm³/mol. The second-order valence-corrected chi connectivity index (χ2v) is 18.3. The van der Waals surface area contributed by atoms with Gasteiger partial charge < -0.3 is 74.5 Å². The van der Waals surface area contributed by atoms with Gasteiger partial charge in [-0.3, -0.25) is 52.7 Å². The summed E-state index contributed by atoms with van der Waals surface area (Å²) >= 11 is 11.2. The van der Waals surface area contributed by atoms with E-state index in [1.807, 2.05) is 11.6 Å².